The summed E-state index contributed by atoms with van der Waals surface area (Å²) < 4.78 is 11.4. The maximum Gasteiger partial charge on any atom is 0.296 e. The van der Waals surface area contributed by atoms with Crippen molar-refractivity contribution in [2.45, 2.75) is 52.6 Å². The summed E-state index contributed by atoms with van der Waals surface area (Å²) in [6, 6.07) is 15.5. The number of carbonyl (C=O) groups excluding carboxylic acids is 2. The number of ether oxygens (including phenoxy) is 1. The molecular weight excluding hydrogens is 442 g/mol. The third-order valence-electron chi connectivity index (χ3n) is 6.34. The van der Waals surface area contributed by atoms with Crippen molar-refractivity contribution in [1.29, 1.82) is 0 Å². The molecule has 0 saturated carbocycles. The zero-order valence-electron chi connectivity index (χ0n) is 20.4. The van der Waals surface area contributed by atoms with Crippen molar-refractivity contribution < 1.29 is 23.8 Å². The Hall–Kier alpha value is -3.80. The molecule has 0 radical (unpaired) electrons. The van der Waals surface area contributed by atoms with Crippen LogP contribution in [-0.2, 0) is 16.1 Å². The molecule has 1 saturated heterocycles. The number of ketones is 1. The number of aliphatic hydroxyl groups is 1. The van der Waals surface area contributed by atoms with E-state index in [1.54, 1.807) is 36.4 Å². The second kappa shape index (κ2) is 10.6. The number of furan rings is 1. The van der Waals surface area contributed by atoms with E-state index in [-0.39, 0.29) is 17.9 Å². The Balaban J connectivity index is 1.68. The molecule has 4 rings (SSSR count). The number of nitrogens with zero attached hydrogens (tertiary/aromatic N) is 1. The van der Waals surface area contributed by atoms with Crippen LogP contribution in [0.2, 0.25) is 0 Å². The first-order valence-electron chi connectivity index (χ1n) is 12.0. The average molecular weight is 474 g/mol. The first-order chi connectivity index (χ1) is 16.9. The van der Waals surface area contributed by atoms with Gasteiger partial charge in [-0.1, -0.05) is 43.5 Å². The standard InChI is InChI=1S/C29H31NO5/c1-4-5-6-15-34-23-13-11-21(12-14-23)27(31)25-26(24-8-7-16-35-24)30(29(33)28(25)32)18-22-17-19(2)9-10-20(22)3/h7-14,16-17,26,31H,4-6,15,18H2,1-3H3/b27-25-. The van der Waals surface area contributed by atoms with E-state index >= 15 is 0 Å². The summed E-state index contributed by atoms with van der Waals surface area (Å²) in [6.07, 6.45) is 4.70. The first kappa shape index (κ1) is 24.3. The van der Waals surface area contributed by atoms with Crippen molar-refractivity contribution in [1.82, 2.24) is 4.90 Å². The molecule has 2 aromatic carbocycles. The zero-order valence-corrected chi connectivity index (χ0v) is 20.4. The number of hydrogen-bond donors (Lipinski definition) is 1. The summed E-state index contributed by atoms with van der Waals surface area (Å²) in [7, 11) is 0. The lowest BCUT2D eigenvalue weighted by Crippen LogP contribution is -2.29. The van der Waals surface area contributed by atoms with Crippen molar-refractivity contribution in [3.05, 3.63) is 94.4 Å². The number of Topliss-reactive ketones (excluding diaryl/α,β-unsaturated/α-hetero) is 1. The van der Waals surface area contributed by atoms with Crippen LogP contribution in [0.1, 0.15) is 60.2 Å². The number of aliphatic hydroxyl groups excluding tert-OH is 1. The van der Waals surface area contributed by atoms with Crippen LogP contribution in [0, 0.1) is 13.8 Å². The summed E-state index contributed by atoms with van der Waals surface area (Å²) in [5, 5.41) is 11.2. The SMILES string of the molecule is CCCCCOc1ccc(/C(O)=C2/C(=O)C(=O)N(Cc3cc(C)ccc3C)C2c2ccco2)cc1. The fraction of sp³-hybridized carbons (Fsp3) is 0.310. The Labute approximate surface area is 205 Å². The van der Waals surface area contributed by atoms with Crippen LogP contribution < -0.4 is 4.74 Å². The van der Waals surface area contributed by atoms with Crippen LogP contribution in [-0.4, -0.2) is 28.3 Å². The van der Waals surface area contributed by atoms with Crippen molar-refractivity contribution in [2.75, 3.05) is 6.61 Å². The Morgan fingerprint density at radius 2 is 1.83 bits per heavy atom. The van der Waals surface area contributed by atoms with Crippen LogP contribution in [0.4, 0.5) is 0 Å². The Morgan fingerprint density at radius 3 is 2.51 bits per heavy atom. The van der Waals surface area contributed by atoms with E-state index in [0.29, 0.717) is 23.7 Å². The Bertz CT molecular complexity index is 1220. The minimum Gasteiger partial charge on any atom is -0.507 e. The Morgan fingerprint density at radius 1 is 1.06 bits per heavy atom. The van der Waals surface area contributed by atoms with E-state index in [1.165, 1.54) is 11.2 Å². The molecule has 1 amide bonds. The molecule has 1 N–H and O–H groups in total. The van der Waals surface area contributed by atoms with Gasteiger partial charge >= 0.3 is 0 Å². The van der Waals surface area contributed by atoms with Gasteiger partial charge in [-0.15, -0.1) is 0 Å². The molecule has 1 aliphatic rings. The van der Waals surface area contributed by atoms with Crippen molar-refractivity contribution in [2.24, 2.45) is 0 Å². The molecule has 1 unspecified atom stereocenters. The second-order valence-corrected chi connectivity index (χ2v) is 8.95. The van der Waals surface area contributed by atoms with Crippen molar-refractivity contribution in [3.8, 4) is 5.75 Å². The molecule has 1 aromatic heterocycles. The summed E-state index contributed by atoms with van der Waals surface area (Å²) >= 11 is 0. The molecule has 182 valence electrons. The van der Waals surface area contributed by atoms with Crippen molar-refractivity contribution in [3.63, 3.8) is 0 Å². The summed E-state index contributed by atoms with van der Waals surface area (Å²) in [4.78, 5) is 27.8. The molecule has 1 fully saturated rings. The lowest BCUT2D eigenvalue weighted by Gasteiger charge is -2.24. The molecule has 3 aromatic rings. The highest BCUT2D eigenvalue weighted by Crippen LogP contribution is 2.40. The molecule has 1 atom stereocenters. The van der Waals surface area contributed by atoms with Crippen LogP contribution in [0.15, 0.2) is 70.9 Å². The zero-order chi connectivity index (χ0) is 24.9. The van der Waals surface area contributed by atoms with Gasteiger partial charge in [-0.25, -0.2) is 0 Å². The number of hydrogen-bond acceptors (Lipinski definition) is 5. The number of unbranched alkanes of at least 4 members (excludes halogenated alkanes) is 2. The highest BCUT2D eigenvalue weighted by atomic mass is 16.5. The van der Waals surface area contributed by atoms with Gasteiger partial charge in [0.1, 0.15) is 23.3 Å². The third kappa shape index (κ3) is 5.16. The van der Waals surface area contributed by atoms with Crippen molar-refractivity contribution >= 4 is 17.4 Å². The predicted molar refractivity (Wildman–Crippen MR) is 134 cm³/mol. The minimum absolute atomic E-state index is 0.0203. The van der Waals surface area contributed by atoms with E-state index in [9.17, 15) is 14.7 Å². The normalized spacial score (nSPS) is 17.2. The van der Waals surface area contributed by atoms with Crippen LogP contribution >= 0.6 is 0 Å². The Kier molecular flexibility index (Phi) is 7.39. The second-order valence-electron chi connectivity index (χ2n) is 8.95. The number of carbonyl (C=O) groups is 2. The number of likely N-dealkylation sites (tertiary alicyclic amines) is 1. The molecule has 6 heteroatoms. The first-order valence-corrected chi connectivity index (χ1v) is 12.0. The van der Waals surface area contributed by atoms with Gasteiger partial charge in [0.05, 0.1) is 18.4 Å². The largest absolute Gasteiger partial charge is 0.507 e. The fourth-order valence-electron chi connectivity index (χ4n) is 4.35. The molecule has 35 heavy (non-hydrogen) atoms. The van der Waals surface area contributed by atoms with E-state index in [2.05, 4.69) is 6.92 Å². The van der Waals surface area contributed by atoms with E-state index in [4.69, 9.17) is 9.15 Å². The van der Waals surface area contributed by atoms with Gasteiger partial charge in [0.2, 0.25) is 0 Å². The lowest BCUT2D eigenvalue weighted by atomic mass is 9.98. The van der Waals surface area contributed by atoms with Gasteiger partial charge in [0, 0.05) is 12.1 Å². The number of amides is 1. The number of aryl methyl sites for hydroxylation is 2. The van der Waals surface area contributed by atoms with E-state index in [0.717, 1.165) is 36.0 Å². The molecule has 2 heterocycles. The molecule has 6 nitrogen and oxygen atoms in total. The molecule has 0 spiro atoms. The van der Waals surface area contributed by atoms with Crippen LogP contribution in [0.5, 0.6) is 5.75 Å². The monoisotopic (exact) mass is 473 g/mol. The summed E-state index contributed by atoms with van der Waals surface area (Å²) in [5.41, 5.74) is 3.48. The number of rotatable bonds is 9. The van der Waals surface area contributed by atoms with Gasteiger partial charge in [0.15, 0.2) is 0 Å². The molecule has 0 bridgehead atoms. The third-order valence-corrected chi connectivity index (χ3v) is 6.34. The maximum atomic E-state index is 13.2. The number of benzene rings is 2. The van der Waals surface area contributed by atoms with E-state index in [1.807, 2.05) is 32.0 Å². The smallest absolute Gasteiger partial charge is 0.296 e. The van der Waals surface area contributed by atoms with Crippen LogP contribution in [0.25, 0.3) is 5.76 Å². The van der Waals surface area contributed by atoms with Gasteiger partial charge in [-0.3, -0.25) is 9.59 Å². The van der Waals surface area contributed by atoms with Gasteiger partial charge in [0.25, 0.3) is 11.7 Å². The fourth-order valence-corrected chi connectivity index (χ4v) is 4.35. The topological polar surface area (TPSA) is 80.0 Å². The maximum absolute atomic E-state index is 13.2. The molecule has 1 aliphatic heterocycles. The van der Waals surface area contributed by atoms with E-state index < -0.39 is 17.7 Å². The average Bonchev–Trinajstić information content (AvgIpc) is 3.47. The van der Waals surface area contributed by atoms with Crippen LogP contribution in [0.3, 0.4) is 0 Å². The van der Waals surface area contributed by atoms with Gasteiger partial charge in [-0.05, 0) is 67.8 Å². The highest BCUT2D eigenvalue weighted by molar-refractivity contribution is 6.46. The minimum atomic E-state index is -0.824. The van der Waals surface area contributed by atoms with Gasteiger partial charge < -0.3 is 19.2 Å². The predicted octanol–water partition coefficient (Wildman–Crippen LogP) is 6.09. The quantitative estimate of drug-likeness (QED) is 0.176. The highest BCUT2D eigenvalue weighted by Gasteiger charge is 2.47. The lowest BCUT2D eigenvalue weighted by molar-refractivity contribution is -0.140. The van der Waals surface area contributed by atoms with Gasteiger partial charge in [-0.2, -0.15) is 0 Å². The molecule has 0 aliphatic carbocycles. The molecular formula is C29H31NO5. The summed E-state index contributed by atoms with van der Waals surface area (Å²) in [5.74, 6) is -0.507. The summed E-state index contributed by atoms with van der Waals surface area (Å²) in [6.45, 7) is 6.95.